The number of carbonyl (C=O) groups excluding carboxylic acids is 1. The third-order valence-electron chi connectivity index (χ3n) is 3.07. The zero-order chi connectivity index (χ0) is 13.1. The summed E-state index contributed by atoms with van der Waals surface area (Å²) in [5.41, 5.74) is 1.12. The summed E-state index contributed by atoms with van der Waals surface area (Å²) in [4.78, 5) is 11.6. The maximum absolute atomic E-state index is 11.6. The van der Waals surface area contributed by atoms with Crippen molar-refractivity contribution in [2.24, 2.45) is 0 Å². The summed E-state index contributed by atoms with van der Waals surface area (Å²) in [7, 11) is 1.67. The number of esters is 1. The summed E-state index contributed by atoms with van der Waals surface area (Å²) in [5, 5.41) is 0.156. The molecular weight excluding hydrogens is 248 g/mol. The average molecular weight is 266 g/mol. The number of benzene rings is 1. The molecule has 0 aromatic heterocycles. The van der Waals surface area contributed by atoms with Gasteiger partial charge in [-0.05, 0) is 19.9 Å². The molecule has 1 fully saturated rings. The summed E-state index contributed by atoms with van der Waals surface area (Å²) in [6.45, 7) is 4.03. The van der Waals surface area contributed by atoms with E-state index in [2.05, 4.69) is 6.92 Å². The van der Waals surface area contributed by atoms with Crippen LogP contribution in [0.15, 0.2) is 24.3 Å². The molecule has 3 atom stereocenters. The highest BCUT2D eigenvalue weighted by Gasteiger charge is 2.34. The molecule has 3 nitrogen and oxygen atoms in total. The molecule has 1 aliphatic rings. The van der Waals surface area contributed by atoms with Crippen molar-refractivity contribution in [2.75, 3.05) is 7.11 Å². The predicted octanol–water partition coefficient (Wildman–Crippen LogP) is 3.19. The molecule has 1 heterocycles. The Kier molecular flexibility index (Phi) is 4.17. The van der Waals surface area contributed by atoms with Crippen LogP contribution in [0.4, 0.5) is 0 Å². The smallest absolute Gasteiger partial charge is 0.319 e. The summed E-state index contributed by atoms with van der Waals surface area (Å²) in [6, 6.07) is 7.93. The van der Waals surface area contributed by atoms with Crippen molar-refractivity contribution in [1.29, 1.82) is 0 Å². The Balaban J connectivity index is 2.07. The van der Waals surface area contributed by atoms with Crippen LogP contribution in [0.2, 0.25) is 0 Å². The van der Waals surface area contributed by atoms with Gasteiger partial charge in [-0.1, -0.05) is 18.2 Å². The van der Waals surface area contributed by atoms with Gasteiger partial charge >= 0.3 is 5.97 Å². The van der Waals surface area contributed by atoms with Gasteiger partial charge in [-0.3, -0.25) is 4.79 Å². The highest BCUT2D eigenvalue weighted by Crippen LogP contribution is 2.40. The van der Waals surface area contributed by atoms with Crippen molar-refractivity contribution in [3.8, 4) is 5.75 Å². The van der Waals surface area contributed by atoms with E-state index in [1.807, 2.05) is 31.2 Å². The molecule has 0 N–H and O–H groups in total. The fourth-order valence-corrected chi connectivity index (χ4v) is 3.54. The molecule has 4 heteroatoms. The second-order valence-electron chi connectivity index (χ2n) is 4.49. The minimum atomic E-state index is -0.0887. The fourth-order valence-electron chi connectivity index (χ4n) is 2.15. The largest absolute Gasteiger partial charge is 0.496 e. The normalized spacial score (nSPS) is 24.7. The van der Waals surface area contributed by atoms with E-state index in [0.717, 1.165) is 17.7 Å². The van der Waals surface area contributed by atoms with Gasteiger partial charge < -0.3 is 9.47 Å². The van der Waals surface area contributed by atoms with E-state index in [1.165, 1.54) is 0 Å². The highest BCUT2D eigenvalue weighted by molar-refractivity contribution is 8.00. The van der Waals surface area contributed by atoms with Crippen LogP contribution in [0.25, 0.3) is 0 Å². The van der Waals surface area contributed by atoms with Gasteiger partial charge in [0.15, 0.2) is 0 Å². The molecule has 18 heavy (non-hydrogen) atoms. The van der Waals surface area contributed by atoms with E-state index < -0.39 is 0 Å². The molecule has 0 saturated carbocycles. The van der Waals surface area contributed by atoms with Gasteiger partial charge in [0, 0.05) is 17.2 Å². The molecular formula is C14H18O3S. The molecule has 98 valence electrons. The van der Waals surface area contributed by atoms with Crippen molar-refractivity contribution >= 4 is 17.7 Å². The summed E-state index contributed by atoms with van der Waals surface area (Å²) in [6.07, 6.45) is 0.836. The number of hydrogen-bond donors (Lipinski definition) is 0. The van der Waals surface area contributed by atoms with Crippen molar-refractivity contribution in [3.63, 3.8) is 0 Å². The molecule has 0 bridgehead atoms. The lowest BCUT2D eigenvalue weighted by atomic mass is 10.1. The first kappa shape index (κ1) is 13.3. The van der Waals surface area contributed by atoms with E-state index in [9.17, 15) is 4.79 Å². The molecule has 0 radical (unpaired) electrons. The number of para-hydroxylation sites is 1. The summed E-state index contributed by atoms with van der Waals surface area (Å²) >= 11 is 1.65. The minimum Gasteiger partial charge on any atom is -0.496 e. The van der Waals surface area contributed by atoms with Crippen LogP contribution in [0, 0.1) is 0 Å². The number of ether oxygens (including phenoxy) is 2. The Labute approximate surface area is 112 Å². The van der Waals surface area contributed by atoms with Crippen molar-refractivity contribution in [2.45, 2.75) is 36.9 Å². The topological polar surface area (TPSA) is 35.5 Å². The molecule has 0 amide bonds. The van der Waals surface area contributed by atoms with Crippen LogP contribution < -0.4 is 4.74 Å². The van der Waals surface area contributed by atoms with Crippen LogP contribution in [-0.4, -0.2) is 24.4 Å². The van der Waals surface area contributed by atoms with E-state index in [0.29, 0.717) is 0 Å². The SMILES string of the molecule is COc1ccccc1[C@H](C)S[C@H]1C[C@H](C)OC1=O. The second-order valence-corrected chi connectivity index (χ2v) is 6.04. The Bertz CT molecular complexity index is 433. The molecule has 1 aliphatic heterocycles. The minimum absolute atomic E-state index is 0.0415. The van der Waals surface area contributed by atoms with Gasteiger partial charge in [0.25, 0.3) is 0 Å². The van der Waals surface area contributed by atoms with Crippen LogP contribution in [0.5, 0.6) is 5.75 Å². The van der Waals surface area contributed by atoms with Crippen molar-refractivity contribution < 1.29 is 14.3 Å². The highest BCUT2D eigenvalue weighted by atomic mass is 32.2. The van der Waals surface area contributed by atoms with E-state index in [4.69, 9.17) is 9.47 Å². The first-order valence-electron chi connectivity index (χ1n) is 6.10. The van der Waals surface area contributed by atoms with Crippen LogP contribution in [0.3, 0.4) is 0 Å². The third-order valence-corrected chi connectivity index (χ3v) is 4.45. The van der Waals surface area contributed by atoms with Gasteiger partial charge in [-0.2, -0.15) is 0 Å². The fraction of sp³-hybridized carbons (Fsp3) is 0.500. The number of hydrogen-bond acceptors (Lipinski definition) is 4. The van der Waals surface area contributed by atoms with Crippen LogP contribution in [0.1, 0.15) is 31.1 Å². The molecule has 2 rings (SSSR count). The Hall–Kier alpha value is -1.16. The number of cyclic esters (lactones) is 1. The second kappa shape index (κ2) is 5.65. The first-order valence-corrected chi connectivity index (χ1v) is 7.05. The zero-order valence-electron chi connectivity index (χ0n) is 10.9. The number of carbonyl (C=O) groups is 1. The molecule has 1 aromatic rings. The molecule has 1 saturated heterocycles. The number of thioether (sulfide) groups is 1. The average Bonchev–Trinajstić information content (AvgIpc) is 2.67. The maximum Gasteiger partial charge on any atom is 0.319 e. The van der Waals surface area contributed by atoms with Crippen LogP contribution in [-0.2, 0) is 9.53 Å². The standard InChI is InChI=1S/C14H18O3S/c1-9-8-13(14(15)17-9)18-10(2)11-6-4-5-7-12(11)16-3/h4-7,9-10,13H,8H2,1-3H3/t9-,10-,13-/m0/s1. The van der Waals surface area contributed by atoms with Crippen molar-refractivity contribution in [3.05, 3.63) is 29.8 Å². The van der Waals surface area contributed by atoms with Crippen LogP contribution >= 0.6 is 11.8 Å². The van der Waals surface area contributed by atoms with Crippen molar-refractivity contribution in [1.82, 2.24) is 0 Å². The lowest BCUT2D eigenvalue weighted by Crippen LogP contribution is -2.11. The summed E-state index contributed by atoms with van der Waals surface area (Å²) < 4.78 is 10.5. The Morgan fingerprint density at radius 2 is 2.17 bits per heavy atom. The monoisotopic (exact) mass is 266 g/mol. The molecule has 0 unspecified atom stereocenters. The number of methoxy groups -OCH3 is 1. The summed E-state index contributed by atoms with van der Waals surface area (Å²) in [5.74, 6) is 0.783. The van der Waals surface area contributed by atoms with Gasteiger partial charge in [0.1, 0.15) is 17.1 Å². The quantitative estimate of drug-likeness (QED) is 0.784. The van der Waals surface area contributed by atoms with E-state index >= 15 is 0 Å². The predicted molar refractivity (Wildman–Crippen MR) is 73.0 cm³/mol. The maximum atomic E-state index is 11.6. The number of rotatable bonds is 4. The third kappa shape index (κ3) is 2.80. The zero-order valence-corrected chi connectivity index (χ0v) is 11.7. The van der Waals surface area contributed by atoms with Gasteiger partial charge in [-0.15, -0.1) is 11.8 Å². The Morgan fingerprint density at radius 3 is 2.78 bits per heavy atom. The Morgan fingerprint density at radius 1 is 1.44 bits per heavy atom. The molecule has 0 spiro atoms. The van der Waals surface area contributed by atoms with Gasteiger partial charge in [0.05, 0.1) is 7.11 Å². The van der Waals surface area contributed by atoms with E-state index in [1.54, 1.807) is 18.9 Å². The van der Waals surface area contributed by atoms with Gasteiger partial charge in [0.2, 0.25) is 0 Å². The first-order chi connectivity index (χ1) is 8.61. The molecule has 1 aromatic carbocycles. The van der Waals surface area contributed by atoms with Gasteiger partial charge in [-0.25, -0.2) is 0 Å². The van der Waals surface area contributed by atoms with E-state index in [-0.39, 0.29) is 22.6 Å². The molecule has 0 aliphatic carbocycles. The lowest BCUT2D eigenvalue weighted by molar-refractivity contribution is -0.140. The lowest BCUT2D eigenvalue weighted by Gasteiger charge is -2.17.